The van der Waals surface area contributed by atoms with Gasteiger partial charge in [-0.1, -0.05) is 6.92 Å². The zero-order valence-electron chi connectivity index (χ0n) is 17.0. The molecule has 0 aromatic heterocycles. The van der Waals surface area contributed by atoms with Crippen LogP contribution in [0.3, 0.4) is 0 Å². The fourth-order valence-electron chi connectivity index (χ4n) is 8.32. The predicted molar refractivity (Wildman–Crippen MR) is 105 cm³/mol. The Morgan fingerprint density at radius 1 is 1.00 bits per heavy atom. The van der Waals surface area contributed by atoms with E-state index in [4.69, 9.17) is 31.6 Å². The van der Waals surface area contributed by atoms with Gasteiger partial charge in [-0.15, -0.1) is 0 Å². The lowest BCUT2D eigenvalue weighted by Crippen LogP contribution is -2.49. The standard InChI is InChI=1S/C22H30O6S/c1-3-25-17-9(2)22(5-12(17)16-14(22)7-27-21(16)24)8-28-18-11-4-10(19(18)29)13-6-26-20(23)15(11)13/h9-19,29H,3-8H2,1-2H3. The van der Waals surface area contributed by atoms with E-state index in [9.17, 15) is 9.59 Å². The van der Waals surface area contributed by atoms with Gasteiger partial charge in [0.15, 0.2) is 0 Å². The van der Waals surface area contributed by atoms with Crippen molar-refractivity contribution in [1.82, 2.24) is 0 Å². The summed E-state index contributed by atoms with van der Waals surface area (Å²) in [7, 11) is 0. The third-order valence-corrected chi connectivity index (χ3v) is 10.2. The molecule has 4 bridgehead atoms. The summed E-state index contributed by atoms with van der Waals surface area (Å²) in [6.07, 6.45) is 2.06. The Morgan fingerprint density at radius 2 is 1.76 bits per heavy atom. The first-order valence-corrected chi connectivity index (χ1v) is 11.7. The number of hydrogen-bond donors (Lipinski definition) is 1. The molecule has 6 fully saturated rings. The normalized spacial score (nSPS) is 56.6. The maximum atomic E-state index is 12.4. The number of fused-ring (bicyclic) bond motifs is 10. The van der Waals surface area contributed by atoms with Gasteiger partial charge in [-0.2, -0.15) is 12.6 Å². The Kier molecular flexibility index (Phi) is 4.15. The Labute approximate surface area is 176 Å². The maximum Gasteiger partial charge on any atom is 0.309 e. The van der Waals surface area contributed by atoms with Crippen molar-refractivity contribution in [1.29, 1.82) is 0 Å². The summed E-state index contributed by atoms with van der Waals surface area (Å²) in [6.45, 7) is 6.59. The summed E-state index contributed by atoms with van der Waals surface area (Å²) in [5.74, 6) is 1.55. The van der Waals surface area contributed by atoms with Crippen molar-refractivity contribution in [3.63, 3.8) is 0 Å². The van der Waals surface area contributed by atoms with Gasteiger partial charge < -0.3 is 18.9 Å². The van der Waals surface area contributed by atoms with Gasteiger partial charge in [0.1, 0.15) is 0 Å². The molecule has 2 saturated heterocycles. The zero-order chi connectivity index (χ0) is 20.1. The Bertz CT molecular complexity index is 743. The van der Waals surface area contributed by atoms with Gasteiger partial charge in [-0.25, -0.2) is 0 Å². The molecule has 7 heteroatoms. The summed E-state index contributed by atoms with van der Waals surface area (Å²) in [4.78, 5) is 24.7. The Morgan fingerprint density at radius 3 is 2.55 bits per heavy atom. The fourth-order valence-corrected chi connectivity index (χ4v) is 8.97. The molecule has 2 aliphatic heterocycles. The molecule has 6 aliphatic rings. The highest BCUT2D eigenvalue weighted by Gasteiger charge is 2.71. The summed E-state index contributed by atoms with van der Waals surface area (Å²) in [6, 6.07) is 0. The second-order valence-electron chi connectivity index (χ2n) is 10.2. The largest absolute Gasteiger partial charge is 0.465 e. The van der Waals surface area contributed by atoms with Gasteiger partial charge in [-0.3, -0.25) is 9.59 Å². The highest BCUT2D eigenvalue weighted by molar-refractivity contribution is 7.81. The van der Waals surface area contributed by atoms with E-state index in [-0.39, 0.29) is 64.4 Å². The van der Waals surface area contributed by atoms with Crippen LogP contribution in [0.4, 0.5) is 0 Å². The molecule has 160 valence electrons. The minimum atomic E-state index is -0.0910. The lowest BCUT2D eigenvalue weighted by atomic mass is 9.65. The molecular formula is C22H30O6S. The number of thiol groups is 1. The third kappa shape index (κ3) is 2.27. The van der Waals surface area contributed by atoms with Crippen LogP contribution in [0, 0.1) is 52.8 Å². The van der Waals surface area contributed by atoms with Gasteiger partial charge in [0.25, 0.3) is 0 Å². The fraction of sp³-hybridized carbons (Fsp3) is 0.909. The molecule has 0 aromatic rings. The summed E-state index contributed by atoms with van der Waals surface area (Å²) >= 11 is 4.92. The smallest absolute Gasteiger partial charge is 0.309 e. The highest BCUT2D eigenvalue weighted by Crippen LogP contribution is 2.66. The molecular weight excluding hydrogens is 392 g/mol. The van der Waals surface area contributed by atoms with Crippen molar-refractivity contribution in [3.05, 3.63) is 0 Å². The van der Waals surface area contributed by atoms with Crippen molar-refractivity contribution >= 4 is 24.6 Å². The lowest BCUT2D eigenvalue weighted by molar-refractivity contribution is -0.147. The number of cyclic esters (lactones) is 2. The van der Waals surface area contributed by atoms with Crippen LogP contribution in [-0.4, -0.2) is 55.8 Å². The molecule has 4 saturated carbocycles. The Hall–Kier alpha value is -0.790. The molecule has 0 spiro atoms. The molecule has 0 aromatic carbocycles. The van der Waals surface area contributed by atoms with E-state index in [1.54, 1.807) is 0 Å². The van der Waals surface area contributed by atoms with Gasteiger partial charge in [-0.05, 0) is 37.5 Å². The van der Waals surface area contributed by atoms with Crippen LogP contribution < -0.4 is 0 Å². The van der Waals surface area contributed by atoms with Crippen molar-refractivity contribution < 1.29 is 28.5 Å². The number of hydrogen-bond acceptors (Lipinski definition) is 7. The van der Waals surface area contributed by atoms with Crippen LogP contribution in [0.5, 0.6) is 0 Å². The van der Waals surface area contributed by atoms with Crippen molar-refractivity contribution in [2.45, 2.75) is 44.1 Å². The van der Waals surface area contributed by atoms with Crippen molar-refractivity contribution in [3.8, 4) is 0 Å². The topological polar surface area (TPSA) is 71.1 Å². The maximum absolute atomic E-state index is 12.4. The molecule has 4 aliphatic carbocycles. The van der Waals surface area contributed by atoms with Crippen molar-refractivity contribution in [2.24, 2.45) is 52.8 Å². The minimum absolute atomic E-state index is 0.0106. The molecule has 29 heavy (non-hydrogen) atoms. The van der Waals surface area contributed by atoms with E-state index < -0.39 is 0 Å². The van der Waals surface area contributed by atoms with E-state index in [2.05, 4.69) is 6.92 Å². The van der Waals surface area contributed by atoms with Gasteiger partial charge in [0.05, 0.1) is 43.9 Å². The van der Waals surface area contributed by atoms with Crippen LogP contribution in [0.25, 0.3) is 0 Å². The number of carbonyl (C=O) groups excluding carboxylic acids is 2. The van der Waals surface area contributed by atoms with E-state index in [1.165, 1.54) is 0 Å². The molecule has 0 amide bonds. The average Bonchev–Trinajstić information content (AvgIpc) is 3.49. The zero-order valence-corrected chi connectivity index (χ0v) is 17.9. The summed E-state index contributed by atoms with van der Waals surface area (Å²) in [5, 5.41) is 0.154. The van der Waals surface area contributed by atoms with Gasteiger partial charge in [0.2, 0.25) is 0 Å². The van der Waals surface area contributed by atoms with Crippen LogP contribution in [0.15, 0.2) is 0 Å². The molecule has 0 N–H and O–H groups in total. The first-order chi connectivity index (χ1) is 14.0. The highest BCUT2D eigenvalue weighted by atomic mass is 32.1. The molecule has 2 heterocycles. The van der Waals surface area contributed by atoms with Gasteiger partial charge in [0, 0.05) is 35.0 Å². The first kappa shape index (κ1) is 18.9. The van der Waals surface area contributed by atoms with Crippen LogP contribution in [0.1, 0.15) is 26.7 Å². The Balaban J connectivity index is 1.24. The lowest BCUT2D eigenvalue weighted by Gasteiger charge is -2.43. The van der Waals surface area contributed by atoms with Crippen LogP contribution in [-0.2, 0) is 28.5 Å². The SMILES string of the molecule is CCOC1C2CC(COC3C(S)C4CC3C3C(=O)OCC43)(C1C)C1COC(=O)C21. The second kappa shape index (κ2) is 6.36. The van der Waals surface area contributed by atoms with E-state index in [1.807, 2.05) is 6.92 Å². The van der Waals surface area contributed by atoms with E-state index in [0.717, 1.165) is 12.8 Å². The number of carbonyl (C=O) groups is 2. The summed E-state index contributed by atoms with van der Waals surface area (Å²) < 4.78 is 23.6. The molecule has 0 radical (unpaired) electrons. The number of rotatable bonds is 5. The second-order valence-corrected chi connectivity index (χ2v) is 10.8. The molecule has 12 atom stereocenters. The van der Waals surface area contributed by atoms with Crippen molar-refractivity contribution in [2.75, 3.05) is 26.4 Å². The van der Waals surface area contributed by atoms with E-state index in [0.29, 0.717) is 44.2 Å². The quantitative estimate of drug-likeness (QED) is 0.540. The van der Waals surface area contributed by atoms with Gasteiger partial charge >= 0.3 is 11.9 Å². The third-order valence-electron chi connectivity index (χ3n) is 9.56. The van der Waals surface area contributed by atoms with Crippen LogP contribution in [0.2, 0.25) is 0 Å². The molecule has 6 rings (SSSR count). The first-order valence-electron chi connectivity index (χ1n) is 11.2. The predicted octanol–water partition coefficient (Wildman–Crippen LogP) is 1.96. The average molecular weight is 423 g/mol. The minimum Gasteiger partial charge on any atom is -0.465 e. The van der Waals surface area contributed by atoms with Crippen LogP contribution >= 0.6 is 12.6 Å². The molecule has 6 nitrogen and oxygen atoms in total. The molecule has 12 unspecified atom stereocenters. The summed E-state index contributed by atoms with van der Waals surface area (Å²) in [5.41, 5.74) is -0.0910. The number of ether oxygens (including phenoxy) is 4. The monoisotopic (exact) mass is 422 g/mol. The van der Waals surface area contributed by atoms with E-state index >= 15 is 0 Å². The number of esters is 2.